The van der Waals surface area contributed by atoms with Gasteiger partial charge >= 0.3 is 5.97 Å². The average Bonchev–Trinajstić information content (AvgIpc) is 3.71. The van der Waals surface area contributed by atoms with E-state index in [0.29, 0.717) is 37.7 Å². The van der Waals surface area contributed by atoms with Crippen LogP contribution in [-0.2, 0) is 47.4 Å². The molecule has 4 aliphatic heterocycles. The Morgan fingerprint density at radius 2 is 1.38 bits per heavy atom. The maximum atomic E-state index is 12.6. The summed E-state index contributed by atoms with van der Waals surface area (Å²) in [5, 5.41) is 34.4. The first-order valence-electron chi connectivity index (χ1n) is 21.6. The van der Waals surface area contributed by atoms with Gasteiger partial charge in [-0.3, -0.25) is 0 Å². The van der Waals surface area contributed by atoms with Crippen LogP contribution < -0.4 is 0 Å². The molecule has 0 spiro atoms. The minimum atomic E-state index is -0.798. The summed E-state index contributed by atoms with van der Waals surface area (Å²) in [6.07, 6.45) is 5.36. The van der Waals surface area contributed by atoms with E-state index in [-0.39, 0.29) is 40.8 Å². The van der Waals surface area contributed by atoms with Crippen molar-refractivity contribution < 1.29 is 62.7 Å². The number of hydrogen-bond acceptors (Lipinski definition) is 13. The van der Waals surface area contributed by atoms with E-state index in [1.165, 1.54) is 0 Å². The van der Waals surface area contributed by atoms with Crippen LogP contribution in [0.2, 0.25) is 0 Å². The fraction of sp³-hybridized carbons (Fsp3) is 0.930. The SMILES string of the molecule is CO[C@H]1C[C@H](O[C@H]2[C@@H](O)C[C@H](O[C@H]3CC[C@@]4(C)[C@H](CC[C@@H]5[C@@H]4CC[C@]4(C)[C@@H](C6=CC(=O)OC6)CC[C@]54O)C3)O[C@@H]2C)O[C@H](C)[C@H]1O[C@H]1C[C@@H](OC)[C@@H](O)[C@@H](C)O1. The largest absolute Gasteiger partial charge is 0.458 e. The first-order valence-corrected chi connectivity index (χ1v) is 21.6. The van der Waals surface area contributed by atoms with Gasteiger partial charge in [0.25, 0.3) is 0 Å². The van der Waals surface area contributed by atoms with Gasteiger partial charge in [0.15, 0.2) is 18.9 Å². The highest BCUT2D eigenvalue weighted by Gasteiger charge is 2.68. The molecule has 318 valence electrons. The molecule has 20 atom stereocenters. The second kappa shape index (κ2) is 16.0. The summed E-state index contributed by atoms with van der Waals surface area (Å²) in [5.74, 6) is 1.19. The summed E-state index contributed by atoms with van der Waals surface area (Å²) in [7, 11) is 3.21. The van der Waals surface area contributed by atoms with Gasteiger partial charge in [-0.15, -0.1) is 0 Å². The Labute approximate surface area is 332 Å². The van der Waals surface area contributed by atoms with Crippen LogP contribution in [0.1, 0.15) is 112 Å². The normalized spacial score (nSPS) is 53.4. The number of aliphatic hydroxyl groups is 3. The van der Waals surface area contributed by atoms with Crippen molar-refractivity contribution >= 4 is 5.97 Å². The maximum absolute atomic E-state index is 12.6. The third-order valence-corrected chi connectivity index (χ3v) is 16.4. The predicted molar refractivity (Wildman–Crippen MR) is 201 cm³/mol. The van der Waals surface area contributed by atoms with Gasteiger partial charge in [-0.05, 0) is 113 Å². The Kier molecular flexibility index (Phi) is 11.8. The van der Waals surface area contributed by atoms with E-state index < -0.39 is 73.3 Å². The van der Waals surface area contributed by atoms with Crippen LogP contribution in [0.25, 0.3) is 0 Å². The van der Waals surface area contributed by atoms with Gasteiger partial charge in [0.1, 0.15) is 24.9 Å². The number of hydrogen-bond donors (Lipinski definition) is 3. The molecule has 56 heavy (non-hydrogen) atoms. The lowest BCUT2D eigenvalue weighted by atomic mass is 9.43. The summed E-state index contributed by atoms with van der Waals surface area (Å²) < 4.78 is 54.7. The molecule has 0 unspecified atom stereocenters. The van der Waals surface area contributed by atoms with Crippen molar-refractivity contribution in [1.82, 2.24) is 0 Å². The van der Waals surface area contributed by atoms with Crippen LogP contribution in [0.3, 0.4) is 0 Å². The summed E-state index contributed by atoms with van der Waals surface area (Å²) in [5.41, 5.74) is 0.258. The zero-order valence-corrected chi connectivity index (χ0v) is 34.5. The number of fused-ring (bicyclic) bond motifs is 5. The summed E-state index contributed by atoms with van der Waals surface area (Å²) in [6.45, 7) is 10.8. The van der Waals surface area contributed by atoms with E-state index in [1.807, 2.05) is 13.8 Å². The molecule has 0 aromatic heterocycles. The van der Waals surface area contributed by atoms with E-state index in [4.69, 9.17) is 42.6 Å². The van der Waals surface area contributed by atoms with Crippen molar-refractivity contribution in [2.75, 3.05) is 20.8 Å². The van der Waals surface area contributed by atoms with Crippen molar-refractivity contribution in [3.05, 3.63) is 11.6 Å². The molecule has 3 N–H and O–H groups in total. The number of cyclic esters (lactones) is 1. The molecule has 4 aliphatic carbocycles. The third kappa shape index (κ3) is 7.24. The molecule has 8 aliphatic rings. The molecule has 13 nitrogen and oxygen atoms in total. The predicted octanol–water partition coefficient (Wildman–Crippen LogP) is 4.56. The second-order valence-electron chi connectivity index (χ2n) is 19.2. The van der Waals surface area contributed by atoms with Crippen LogP contribution in [0.5, 0.6) is 0 Å². The van der Waals surface area contributed by atoms with Gasteiger partial charge in [0.2, 0.25) is 0 Å². The van der Waals surface area contributed by atoms with Crippen molar-refractivity contribution in [2.24, 2.45) is 34.5 Å². The molecule has 0 bridgehead atoms. The number of aliphatic hydroxyl groups excluding tert-OH is 2. The maximum Gasteiger partial charge on any atom is 0.331 e. The standard InChI is InChI=1S/C43H68O13/c1-22-38(46)32(48-6)19-36(51-22)56-40-24(3)53-37(20-33(40)49-7)55-39-23(2)52-35(18-31(39)44)54-27-10-13-41(4)26(17-27)8-9-30-29(41)11-14-42(5)28(12-15-43(30,42)47)25-16-34(45)50-21-25/h16,22-24,26-33,35-40,44,46-47H,8-15,17-21H2,1-7H3/t22-,23-,24-,26-,27+,28-,29+,30-,31+,32-,33+,35+,36+,37+,38+,39-,40-,41+,42-,43+/m1/s1. The summed E-state index contributed by atoms with van der Waals surface area (Å²) in [4.78, 5) is 11.9. The lowest BCUT2D eigenvalue weighted by Crippen LogP contribution is -2.62. The smallest absolute Gasteiger partial charge is 0.331 e. The number of carbonyl (C=O) groups is 1. The Bertz CT molecular complexity index is 1430. The molecular formula is C43H68O13. The average molecular weight is 793 g/mol. The highest BCUT2D eigenvalue weighted by molar-refractivity contribution is 5.85. The van der Waals surface area contributed by atoms with Crippen LogP contribution in [-0.4, -0.2) is 128 Å². The molecule has 8 rings (SSSR count). The quantitative estimate of drug-likeness (QED) is 0.221. The van der Waals surface area contributed by atoms with Gasteiger partial charge in [-0.2, -0.15) is 0 Å². The van der Waals surface area contributed by atoms with Crippen molar-refractivity contribution in [3.63, 3.8) is 0 Å². The minimum Gasteiger partial charge on any atom is -0.458 e. The van der Waals surface area contributed by atoms with E-state index in [2.05, 4.69) is 13.8 Å². The molecule has 0 aromatic carbocycles. The van der Waals surface area contributed by atoms with Crippen molar-refractivity contribution in [3.8, 4) is 0 Å². The fourth-order valence-corrected chi connectivity index (χ4v) is 13.2. The summed E-state index contributed by atoms with van der Waals surface area (Å²) >= 11 is 0. The lowest BCUT2D eigenvalue weighted by molar-refractivity contribution is -0.338. The van der Waals surface area contributed by atoms with Crippen LogP contribution in [0, 0.1) is 34.5 Å². The highest BCUT2D eigenvalue weighted by Crippen LogP contribution is 2.70. The molecule has 3 saturated heterocycles. The molecule has 0 aromatic rings. The van der Waals surface area contributed by atoms with E-state index in [0.717, 1.165) is 63.4 Å². The molecule has 7 fully saturated rings. The summed E-state index contributed by atoms with van der Waals surface area (Å²) in [6, 6.07) is 0. The zero-order chi connectivity index (χ0) is 39.7. The van der Waals surface area contributed by atoms with Gasteiger partial charge in [0.05, 0.1) is 48.3 Å². The van der Waals surface area contributed by atoms with Crippen LogP contribution in [0.4, 0.5) is 0 Å². The van der Waals surface area contributed by atoms with Gasteiger partial charge < -0.3 is 58.0 Å². The lowest BCUT2D eigenvalue weighted by Gasteiger charge is -2.64. The number of methoxy groups -OCH3 is 2. The molecule has 4 heterocycles. The Balaban J connectivity index is 0.831. The number of carbonyl (C=O) groups excluding carboxylic acids is 1. The Hall–Kier alpha value is -1.23. The molecule has 0 radical (unpaired) electrons. The number of rotatable bonds is 9. The Morgan fingerprint density at radius 1 is 0.714 bits per heavy atom. The zero-order valence-electron chi connectivity index (χ0n) is 34.5. The van der Waals surface area contributed by atoms with Crippen LogP contribution >= 0.6 is 0 Å². The highest BCUT2D eigenvalue weighted by atomic mass is 16.7. The first-order chi connectivity index (χ1) is 26.7. The fourth-order valence-electron chi connectivity index (χ4n) is 13.2. The van der Waals surface area contributed by atoms with Crippen molar-refractivity contribution in [1.29, 1.82) is 0 Å². The molecule has 4 saturated carbocycles. The van der Waals surface area contributed by atoms with E-state index in [1.54, 1.807) is 27.2 Å². The van der Waals surface area contributed by atoms with Gasteiger partial charge in [-0.25, -0.2) is 4.79 Å². The third-order valence-electron chi connectivity index (χ3n) is 16.4. The first kappa shape index (κ1) is 41.5. The molecule has 13 heteroatoms. The number of ether oxygens (including phenoxy) is 9. The minimum absolute atomic E-state index is 0.0478. The molecule has 0 amide bonds. The Morgan fingerprint density at radius 3 is 2.05 bits per heavy atom. The van der Waals surface area contributed by atoms with Crippen molar-refractivity contribution in [2.45, 2.75) is 197 Å². The second-order valence-corrected chi connectivity index (χ2v) is 19.2. The van der Waals surface area contributed by atoms with E-state index in [9.17, 15) is 20.1 Å². The molecular weight excluding hydrogens is 724 g/mol. The monoisotopic (exact) mass is 792 g/mol. The number of esters is 1. The van der Waals surface area contributed by atoms with Gasteiger partial charge in [-0.1, -0.05) is 13.8 Å². The van der Waals surface area contributed by atoms with Crippen LogP contribution in [0.15, 0.2) is 11.6 Å². The topological polar surface area (TPSA) is 161 Å². The van der Waals surface area contributed by atoms with E-state index >= 15 is 0 Å². The van der Waals surface area contributed by atoms with Gasteiger partial charge in [0, 0.05) is 45.0 Å².